The highest BCUT2D eigenvalue weighted by Gasteiger charge is 2.06. The van der Waals surface area contributed by atoms with E-state index in [0.29, 0.717) is 11.3 Å². The molecule has 0 amide bonds. The minimum atomic E-state index is 0.401. The Morgan fingerprint density at radius 1 is 1.06 bits per heavy atom. The number of nitrogens with zero attached hydrogens (tertiary/aromatic N) is 4. The van der Waals surface area contributed by atoms with Crippen LogP contribution in [0.2, 0.25) is 0 Å². The summed E-state index contributed by atoms with van der Waals surface area (Å²) in [5, 5.41) is 7.26. The maximum Gasteiger partial charge on any atom is 0.243 e. The van der Waals surface area contributed by atoms with E-state index >= 15 is 0 Å². The van der Waals surface area contributed by atoms with Gasteiger partial charge in [-0.3, -0.25) is 0 Å². The van der Waals surface area contributed by atoms with Crippen LogP contribution in [-0.4, -0.2) is 27.4 Å². The van der Waals surface area contributed by atoms with Gasteiger partial charge in [-0.25, -0.2) is 14.6 Å². The third-order valence-corrected chi connectivity index (χ3v) is 2.38. The van der Waals surface area contributed by atoms with Crippen molar-refractivity contribution in [3.63, 3.8) is 0 Å². The second kappa shape index (κ2) is 3.82. The molecule has 84 valence electrons. The molecule has 3 aromatic rings. The van der Waals surface area contributed by atoms with E-state index in [4.69, 9.17) is 4.74 Å². The van der Waals surface area contributed by atoms with Crippen LogP contribution in [0.4, 0.5) is 0 Å². The van der Waals surface area contributed by atoms with Crippen LogP contribution in [0, 0.1) is 0 Å². The van der Waals surface area contributed by atoms with Gasteiger partial charge in [-0.15, -0.1) is 0 Å². The van der Waals surface area contributed by atoms with E-state index in [1.165, 1.54) is 0 Å². The summed E-state index contributed by atoms with van der Waals surface area (Å²) in [5.74, 6) is 0.797. The SMILES string of the molecule is COc1ccc(-c2cnc3nonc3n2)cc1. The highest BCUT2D eigenvalue weighted by molar-refractivity contribution is 5.69. The molecular formula is C11H8N4O2. The first-order valence-electron chi connectivity index (χ1n) is 4.96. The van der Waals surface area contributed by atoms with E-state index in [1.54, 1.807) is 13.3 Å². The molecule has 6 nitrogen and oxygen atoms in total. The maximum absolute atomic E-state index is 5.09. The van der Waals surface area contributed by atoms with Crippen molar-refractivity contribution < 1.29 is 9.37 Å². The molecule has 0 aliphatic rings. The van der Waals surface area contributed by atoms with Gasteiger partial charge in [0.05, 0.1) is 19.0 Å². The minimum Gasteiger partial charge on any atom is -0.497 e. The standard InChI is InChI=1S/C11H8N4O2/c1-16-8-4-2-7(3-5-8)9-6-12-10-11(13-9)15-17-14-10/h2-6H,1H3. The highest BCUT2D eigenvalue weighted by atomic mass is 16.6. The predicted molar refractivity (Wildman–Crippen MR) is 59.4 cm³/mol. The van der Waals surface area contributed by atoms with Gasteiger partial charge < -0.3 is 4.74 Å². The number of ether oxygens (including phenoxy) is 1. The van der Waals surface area contributed by atoms with Gasteiger partial charge in [0.1, 0.15) is 5.75 Å². The molecule has 0 saturated carbocycles. The summed E-state index contributed by atoms with van der Waals surface area (Å²) in [7, 11) is 1.63. The van der Waals surface area contributed by atoms with Crippen molar-refractivity contribution in [3.05, 3.63) is 30.5 Å². The smallest absolute Gasteiger partial charge is 0.243 e. The molecule has 0 aliphatic carbocycles. The third kappa shape index (κ3) is 1.69. The molecule has 17 heavy (non-hydrogen) atoms. The van der Waals surface area contributed by atoms with Crippen molar-refractivity contribution in [2.75, 3.05) is 7.11 Å². The Labute approximate surface area is 96.2 Å². The molecule has 0 fully saturated rings. The van der Waals surface area contributed by atoms with Crippen LogP contribution < -0.4 is 4.74 Å². The Morgan fingerprint density at radius 3 is 2.59 bits per heavy atom. The Kier molecular flexibility index (Phi) is 2.18. The van der Waals surface area contributed by atoms with Gasteiger partial charge in [0, 0.05) is 5.56 Å². The van der Waals surface area contributed by atoms with Crippen molar-refractivity contribution in [1.82, 2.24) is 20.3 Å². The number of benzene rings is 1. The number of rotatable bonds is 2. The lowest BCUT2D eigenvalue weighted by molar-refractivity contribution is 0.314. The topological polar surface area (TPSA) is 73.9 Å². The summed E-state index contributed by atoms with van der Waals surface area (Å²) in [4.78, 5) is 8.39. The van der Waals surface area contributed by atoms with Crippen molar-refractivity contribution in [2.24, 2.45) is 0 Å². The lowest BCUT2D eigenvalue weighted by atomic mass is 10.1. The Hall–Kier alpha value is -2.50. The zero-order chi connectivity index (χ0) is 11.7. The second-order valence-electron chi connectivity index (χ2n) is 3.40. The average Bonchev–Trinajstić information content (AvgIpc) is 2.86. The molecule has 3 rings (SSSR count). The lowest BCUT2D eigenvalue weighted by Gasteiger charge is -2.01. The quantitative estimate of drug-likeness (QED) is 0.664. The monoisotopic (exact) mass is 228 g/mol. The molecule has 6 heteroatoms. The predicted octanol–water partition coefficient (Wildman–Crippen LogP) is 1.69. The summed E-state index contributed by atoms with van der Waals surface area (Å²) < 4.78 is 9.64. The summed E-state index contributed by atoms with van der Waals surface area (Å²) in [6, 6.07) is 7.54. The van der Waals surface area contributed by atoms with E-state index in [2.05, 4.69) is 24.9 Å². The summed E-state index contributed by atoms with van der Waals surface area (Å²) in [5.41, 5.74) is 2.46. The molecule has 1 aromatic carbocycles. The Morgan fingerprint density at radius 2 is 1.82 bits per heavy atom. The molecule has 2 aromatic heterocycles. The van der Waals surface area contributed by atoms with Crippen molar-refractivity contribution >= 4 is 11.3 Å². The van der Waals surface area contributed by atoms with Gasteiger partial charge in [0.15, 0.2) is 0 Å². The first-order valence-corrected chi connectivity index (χ1v) is 4.96. The molecule has 0 spiro atoms. The van der Waals surface area contributed by atoms with Crippen LogP contribution >= 0.6 is 0 Å². The molecule has 0 radical (unpaired) electrons. The van der Waals surface area contributed by atoms with Gasteiger partial charge >= 0.3 is 0 Å². The fraction of sp³-hybridized carbons (Fsp3) is 0.0909. The molecule has 0 atom stereocenters. The highest BCUT2D eigenvalue weighted by Crippen LogP contribution is 2.20. The summed E-state index contributed by atoms with van der Waals surface area (Å²) >= 11 is 0. The largest absolute Gasteiger partial charge is 0.497 e. The van der Waals surface area contributed by atoms with Crippen LogP contribution in [0.25, 0.3) is 22.6 Å². The zero-order valence-electron chi connectivity index (χ0n) is 8.99. The van der Waals surface area contributed by atoms with E-state index in [1.807, 2.05) is 24.3 Å². The van der Waals surface area contributed by atoms with E-state index in [0.717, 1.165) is 17.0 Å². The van der Waals surface area contributed by atoms with Gasteiger partial charge in [0.25, 0.3) is 0 Å². The van der Waals surface area contributed by atoms with Crippen LogP contribution in [0.3, 0.4) is 0 Å². The van der Waals surface area contributed by atoms with Crippen LogP contribution in [-0.2, 0) is 0 Å². The van der Waals surface area contributed by atoms with Gasteiger partial charge in [0.2, 0.25) is 11.3 Å². The summed E-state index contributed by atoms with van der Waals surface area (Å²) in [6.07, 6.45) is 1.63. The van der Waals surface area contributed by atoms with E-state index in [-0.39, 0.29) is 0 Å². The molecule has 0 bridgehead atoms. The zero-order valence-corrected chi connectivity index (χ0v) is 8.99. The lowest BCUT2D eigenvalue weighted by Crippen LogP contribution is -1.88. The first-order chi connectivity index (χ1) is 8.36. The first kappa shape index (κ1) is 9.71. The fourth-order valence-corrected chi connectivity index (χ4v) is 1.50. The molecule has 0 N–H and O–H groups in total. The third-order valence-electron chi connectivity index (χ3n) is 2.38. The second-order valence-corrected chi connectivity index (χ2v) is 3.40. The van der Waals surface area contributed by atoms with Crippen molar-refractivity contribution in [1.29, 1.82) is 0 Å². The maximum atomic E-state index is 5.09. The molecule has 2 heterocycles. The summed E-state index contributed by atoms with van der Waals surface area (Å²) in [6.45, 7) is 0. The average molecular weight is 228 g/mol. The number of methoxy groups -OCH3 is 1. The van der Waals surface area contributed by atoms with Gasteiger partial charge in [-0.1, -0.05) is 0 Å². The van der Waals surface area contributed by atoms with E-state index < -0.39 is 0 Å². The van der Waals surface area contributed by atoms with Crippen LogP contribution in [0.1, 0.15) is 0 Å². The van der Waals surface area contributed by atoms with Crippen LogP contribution in [0.15, 0.2) is 35.1 Å². The number of fused-ring (bicyclic) bond motifs is 1. The van der Waals surface area contributed by atoms with Gasteiger partial charge in [-0.2, -0.15) is 0 Å². The van der Waals surface area contributed by atoms with Crippen LogP contribution in [0.5, 0.6) is 5.75 Å². The number of hydrogen-bond donors (Lipinski definition) is 0. The fourth-order valence-electron chi connectivity index (χ4n) is 1.50. The number of aromatic nitrogens is 4. The normalized spacial score (nSPS) is 10.6. The number of hydrogen-bond acceptors (Lipinski definition) is 6. The molecule has 0 saturated heterocycles. The minimum absolute atomic E-state index is 0.401. The van der Waals surface area contributed by atoms with Crippen molar-refractivity contribution in [2.45, 2.75) is 0 Å². The molecule has 0 aliphatic heterocycles. The van der Waals surface area contributed by atoms with Crippen molar-refractivity contribution in [3.8, 4) is 17.0 Å². The van der Waals surface area contributed by atoms with E-state index in [9.17, 15) is 0 Å². The Balaban J connectivity index is 2.06. The molecular weight excluding hydrogens is 220 g/mol. The molecule has 0 unspecified atom stereocenters. The van der Waals surface area contributed by atoms with Gasteiger partial charge in [-0.05, 0) is 34.6 Å². The Bertz CT molecular complexity index is 648.